The first-order chi connectivity index (χ1) is 4.70. The molecule has 0 aliphatic carbocycles. The Balaban J connectivity index is 3.62. The lowest BCUT2D eigenvalue weighted by atomic mass is 10.3. The monoisotopic (exact) mass is 148 g/mol. The lowest BCUT2D eigenvalue weighted by Crippen LogP contribution is -2.18. The molecule has 1 unspecified atom stereocenters. The largest absolute Gasteiger partial charge is 0.588 e. The highest BCUT2D eigenvalue weighted by Crippen LogP contribution is 1.92. The minimum atomic E-state index is -0.601. The summed E-state index contributed by atoms with van der Waals surface area (Å²) in [6.07, 6.45) is -0.465. The molecule has 0 rings (SSSR count). The summed E-state index contributed by atoms with van der Waals surface area (Å²) < 4.78 is 8.31. The zero-order chi connectivity index (χ0) is 7.98. The number of carbonyl (C=O) groups excluding carboxylic acids is 1. The first-order valence-corrected chi connectivity index (χ1v) is 3.17. The molecular weight excluding hydrogens is 136 g/mol. The van der Waals surface area contributed by atoms with Crippen LogP contribution in [0.1, 0.15) is 20.3 Å². The number of aliphatic hydroxyl groups is 1. The fourth-order valence-electron chi connectivity index (χ4n) is 0.519. The number of aliphatic hydroxyl groups excluding tert-OH is 1. The van der Waals surface area contributed by atoms with E-state index >= 15 is 0 Å². The molecule has 0 saturated carbocycles. The van der Waals surface area contributed by atoms with E-state index in [0.29, 0.717) is 6.61 Å². The van der Waals surface area contributed by atoms with Gasteiger partial charge in [0.2, 0.25) is 0 Å². The van der Waals surface area contributed by atoms with Gasteiger partial charge < -0.3 is 15.1 Å². The van der Waals surface area contributed by atoms with Crippen molar-refractivity contribution >= 4 is 5.97 Å². The van der Waals surface area contributed by atoms with Crippen molar-refractivity contribution in [2.45, 2.75) is 26.4 Å². The fraction of sp³-hybridized carbons (Fsp3) is 0.833. The molecule has 0 aromatic heterocycles. The summed E-state index contributed by atoms with van der Waals surface area (Å²) in [5.74, 6) is -0.0579. The smallest absolute Gasteiger partial charge is 0.499 e. The third kappa shape index (κ3) is 4.14. The average Bonchev–Trinajstić information content (AvgIpc) is 1.86. The van der Waals surface area contributed by atoms with Gasteiger partial charge in [-0.15, -0.1) is 0 Å². The second-order valence-corrected chi connectivity index (χ2v) is 1.94. The van der Waals surface area contributed by atoms with Gasteiger partial charge in [-0.05, 0) is 13.8 Å². The molecule has 0 heterocycles. The lowest BCUT2D eigenvalue weighted by molar-refractivity contribution is -1.05. The normalized spacial score (nSPS) is 14.9. The Labute approximate surface area is 59.7 Å². The molecule has 0 bridgehead atoms. The van der Waals surface area contributed by atoms with Crippen LogP contribution in [0.2, 0.25) is 0 Å². The van der Waals surface area contributed by atoms with Crippen LogP contribution in [-0.4, -0.2) is 23.8 Å². The topological polar surface area (TPSA) is 63.8 Å². The Morgan fingerprint density at radius 1 is 1.80 bits per heavy atom. The maximum atomic E-state index is 9.78. The second-order valence-electron chi connectivity index (χ2n) is 1.94. The van der Waals surface area contributed by atoms with Crippen LogP contribution in [0.15, 0.2) is 0 Å². The highest BCUT2D eigenvalue weighted by atomic mass is 17.1. The average molecular weight is 148 g/mol. The molecule has 10 heavy (non-hydrogen) atoms. The zero-order valence-electron chi connectivity index (χ0n) is 6.16. The van der Waals surface area contributed by atoms with Crippen molar-refractivity contribution in [3.63, 3.8) is 0 Å². The van der Waals surface area contributed by atoms with Gasteiger partial charge in [0.25, 0.3) is 0 Å². The molecule has 0 aliphatic heterocycles. The molecule has 0 aromatic rings. The van der Waals surface area contributed by atoms with Crippen molar-refractivity contribution in [3.8, 4) is 0 Å². The van der Waals surface area contributed by atoms with Gasteiger partial charge in [0.1, 0.15) is 6.42 Å². The van der Waals surface area contributed by atoms with Crippen LogP contribution in [0.3, 0.4) is 0 Å². The number of esters is 1. The van der Waals surface area contributed by atoms with Crippen molar-refractivity contribution in [3.05, 3.63) is 0 Å². The summed E-state index contributed by atoms with van der Waals surface area (Å²) in [7, 11) is 0. The first-order valence-electron chi connectivity index (χ1n) is 3.17. The van der Waals surface area contributed by atoms with Gasteiger partial charge in [-0.3, -0.25) is 4.58 Å². The molecular formula is C6H12O4. The quantitative estimate of drug-likeness (QED) is 0.245. The Bertz CT molecular complexity index is 108. The molecule has 0 amide bonds. The Morgan fingerprint density at radius 3 is 2.70 bits per heavy atom. The number of rotatable bonds is 3. The van der Waals surface area contributed by atoms with Gasteiger partial charge >= 0.3 is 5.97 Å². The van der Waals surface area contributed by atoms with Crippen LogP contribution in [0.5, 0.6) is 0 Å². The standard InChI is InChI=1S/C6H12O4/c1-3-9-6(10-8)4-5(2)7/h5,7H,3-4H2,1-2H3. The van der Waals surface area contributed by atoms with E-state index in [1.807, 2.05) is 0 Å². The maximum Gasteiger partial charge on any atom is 0.499 e. The van der Waals surface area contributed by atoms with Gasteiger partial charge in [-0.1, -0.05) is 0 Å². The molecule has 60 valence electrons. The van der Waals surface area contributed by atoms with E-state index in [-0.39, 0.29) is 12.4 Å². The molecule has 0 saturated heterocycles. The minimum Gasteiger partial charge on any atom is -0.588 e. The third-order valence-electron chi connectivity index (χ3n) is 0.860. The molecule has 0 radical (unpaired) electrons. The summed E-state index contributed by atoms with van der Waals surface area (Å²) in [5, 5.41) is 18.5. The number of hydrogen-bond donors (Lipinski definition) is 1. The Morgan fingerprint density at radius 2 is 2.40 bits per heavy atom. The predicted octanol–water partition coefficient (Wildman–Crippen LogP) is -0.869. The summed E-state index contributed by atoms with van der Waals surface area (Å²) in [6.45, 7) is 3.67. The van der Waals surface area contributed by atoms with Crippen molar-refractivity contribution in [1.29, 1.82) is 0 Å². The summed E-state index contributed by atoms with van der Waals surface area (Å²) in [4.78, 5) is 0. The Hall–Kier alpha value is -0.770. The van der Waals surface area contributed by atoms with E-state index in [1.54, 1.807) is 13.8 Å². The Kier molecular flexibility index (Phi) is 4.66. The SMILES string of the molecule is CCOC(CC(C)O)=[O+][O-]. The van der Waals surface area contributed by atoms with Gasteiger partial charge in [-0.25, -0.2) is 0 Å². The lowest BCUT2D eigenvalue weighted by Gasteiger charge is -1.97. The van der Waals surface area contributed by atoms with Crippen molar-refractivity contribution in [2.75, 3.05) is 6.61 Å². The molecule has 0 aliphatic rings. The first kappa shape index (κ1) is 9.23. The van der Waals surface area contributed by atoms with Gasteiger partial charge in [-0.2, -0.15) is 0 Å². The minimum absolute atomic E-state index is 0.0579. The third-order valence-corrected chi connectivity index (χ3v) is 0.860. The fourth-order valence-corrected chi connectivity index (χ4v) is 0.519. The van der Waals surface area contributed by atoms with Crippen LogP contribution in [0, 0.1) is 0 Å². The predicted molar refractivity (Wildman–Crippen MR) is 32.9 cm³/mol. The van der Waals surface area contributed by atoms with E-state index in [1.165, 1.54) is 0 Å². The maximum absolute atomic E-state index is 9.78. The van der Waals surface area contributed by atoms with Crippen molar-refractivity contribution in [1.82, 2.24) is 0 Å². The van der Waals surface area contributed by atoms with Gasteiger partial charge in [0.15, 0.2) is 6.61 Å². The van der Waals surface area contributed by atoms with E-state index in [2.05, 4.69) is 4.58 Å². The van der Waals surface area contributed by atoms with Crippen LogP contribution >= 0.6 is 0 Å². The zero-order valence-corrected chi connectivity index (χ0v) is 6.16. The highest BCUT2D eigenvalue weighted by molar-refractivity contribution is 5.69. The van der Waals surface area contributed by atoms with Crippen LogP contribution in [0.4, 0.5) is 0 Å². The molecule has 1 atom stereocenters. The van der Waals surface area contributed by atoms with E-state index in [0.717, 1.165) is 0 Å². The van der Waals surface area contributed by atoms with Crippen molar-refractivity contribution < 1.29 is 19.7 Å². The summed E-state index contributed by atoms with van der Waals surface area (Å²) in [5.41, 5.74) is 0. The van der Waals surface area contributed by atoms with E-state index in [4.69, 9.17) is 9.84 Å². The number of ether oxygens (including phenoxy) is 1. The van der Waals surface area contributed by atoms with E-state index in [9.17, 15) is 5.26 Å². The molecule has 0 aromatic carbocycles. The van der Waals surface area contributed by atoms with Crippen LogP contribution in [-0.2, 0) is 9.31 Å². The van der Waals surface area contributed by atoms with Gasteiger partial charge in [0, 0.05) is 0 Å². The molecule has 0 fully saturated rings. The summed E-state index contributed by atoms with van der Waals surface area (Å²) >= 11 is 0. The molecule has 4 nitrogen and oxygen atoms in total. The van der Waals surface area contributed by atoms with Gasteiger partial charge in [0.05, 0.1) is 6.10 Å². The molecule has 4 heteroatoms. The summed E-state index contributed by atoms with van der Waals surface area (Å²) in [6, 6.07) is 0. The second kappa shape index (κ2) is 5.05. The molecule has 0 spiro atoms. The van der Waals surface area contributed by atoms with Crippen molar-refractivity contribution in [2.24, 2.45) is 0 Å². The van der Waals surface area contributed by atoms with Crippen LogP contribution in [0.25, 0.3) is 0 Å². The van der Waals surface area contributed by atoms with Crippen LogP contribution < -0.4 is 5.26 Å². The molecule has 1 N–H and O–H groups in total. The highest BCUT2D eigenvalue weighted by Gasteiger charge is 2.15. The van der Waals surface area contributed by atoms with E-state index < -0.39 is 6.10 Å². The number of hydrogen-bond acceptors (Lipinski definition) is 3.